The third kappa shape index (κ3) is 2.55. The molecule has 1 spiro atoms. The predicted octanol–water partition coefficient (Wildman–Crippen LogP) is 2.34. The van der Waals surface area contributed by atoms with E-state index in [1.807, 2.05) is 60.7 Å². The first-order chi connectivity index (χ1) is 14.6. The van der Waals surface area contributed by atoms with Crippen LogP contribution in [0.1, 0.15) is 5.56 Å². The summed E-state index contributed by atoms with van der Waals surface area (Å²) >= 11 is 0. The van der Waals surface area contributed by atoms with Gasteiger partial charge in [-0.05, 0) is 29.8 Å². The van der Waals surface area contributed by atoms with Crippen LogP contribution < -0.4 is 14.8 Å². The van der Waals surface area contributed by atoms with Gasteiger partial charge in [0, 0.05) is 12.2 Å². The van der Waals surface area contributed by atoms with Gasteiger partial charge in [-0.2, -0.15) is 0 Å². The molecule has 152 valence electrons. The topological polar surface area (TPSA) is 77.1 Å². The quantitative estimate of drug-likeness (QED) is 0.792. The number of rotatable bonds is 4. The Bertz CT molecular complexity index is 1070. The fraction of sp³-hybridized carbons (Fsp3) is 0.304. The Hall–Kier alpha value is -3.32. The molecule has 0 aliphatic carbocycles. The van der Waals surface area contributed by atoms with Crippen LogP contribution in [0, 0.1) is 11.8 Å². The molecule has 4 aliphatic heterocycles. The smallest absolute Gasteiger partial charge is 0.231 e. The van der Waals surface area contributed by atoms with E-state index in [0.717, 1.165) is 5.56 Å². The maximum atomic E-state index is 13.4. The summed E-state index contributed by atoms with van der Waals surface area (Å²) in [5.74, 6) is 0.127. The highest BCUT2D eigenvalue weighted by atomic mass is 16.7. The van der Waals surface area contributed by atoms with E-state index >= 15 is 0 Å². The Labute approximate surface area is 173 Å². The van der Waals surface area contributed by atoms with Crippen LogP contribution in [-0.2, 0) is 20.9 Å². The van der Waals surface area contributed by atoms with Crippen molar-refractivity contribution < 1.29 is 23.8 Å². The fourth-order valence-corrected chi connectivity index (χ4v) is 5.02. The number of ether oxygens (including phenoxy) is 3. The summed E-state index contributed by atoms with van der Waals surface area (Å²) in [6, 6.07) is 15.0. The van der Waals surface area contributed by atoms with E-state index in [4.69, 9.17) is 14.2 Å². The lowest BCUT2D eigenvalue weighted by Crippen LogP contribution is -2.41. The minimum absolute atomic E-state index is 0.0484. The first-order valence-electron chi connectivity index (χ1n) is 10.0. The molecule has 1 N–H and O–H groups in total. The predicted molar refractivity (Wildman–Crippen MR) is 107 cm³/mol. The molecule has 6 rings (SSSR count). The normalized spacial score (nSPS) is 30.1. The highest BCUT2D eigenvalue weighted by Gasteiger charge is 2.66. The molecule has 2 fully saturated rings. The van der Waals surface area contributed by atoms with Crippen LogP contribution in [0.5, 0.6) is 11.5 Å². The minimum atomic E-state index is -0.725. The number of hydrogen-bond acceptors (Lipinski definition) is 5. The largest absolute Gasteiger partial charge is 0.454 e. The Balaban J connectivity index is 1.24. The molecule has 0 saturated carbocycles. The zero-order chi connectivity index (χ0) is 20.3. The van der Waals surface area contributed by atoms with Crippen LogP contribution in [0.25, 0.3) is 0 Å². The van der Waals surface area contributed by atoms with Crippen molar-refractivity contribution in [1.82, 2.24) is 4.90 Å². The summed E-state index contributed by atoms with van der Waals surface area (Å²) in [4.78, 5) is 28.2. The molecule has 0 radical (unpaired) electrons. The lowest BCUT2D eigenvalue weighted by atomic mass is 9.77. The molecule has 2 aromatic carbocycles. The maximum absolute atomic E-state index is 13.4. The van der Waals surface area contributed by atoms with Crippen molar-refractivity contribution in [2.45, 2.75) is 18.2 Å². The number of anilines is 1. The molecule has 4 heterocycles. The Morgan fingerprint density at radius 1 is 1.13 bits per heavy atom. The van der Waals surface area contributed by atoms with Crippen molar-refractivity contribution in [3.63, 3.8) is 0 Å². The molecular formula is C23H20N2O5. The number of fused-ring (bicyclic) bond motifs is 2. The Morgan fingerprint density at radius 3 is 2.83 bits per heavy atom. The van der Waals surface area contributed by atoms with Crippen LogP contribution >= 0.6 is 0 Å². The summed E-state index contributed by atoms with van der Waals surface area (Å²) in [7, 11) is 0. The first-order valence-corrected chi connectivity index (χ1v) is 10.0. The minimum Gasteiger partial charge on any atom is -0.454 e. The van der Waals surface area contributed by atoms with Gasteiger partial charge in [0.1, 0.15) is 5.60 Å². The van der Waals surface area contributed by atoms with Gasteiger partial charge in [-0.25, -0.2) is 0 Å². The van der Waals surface area contributed by atoms with Crippen molar-refractivity contribution >= 4 is 17.5 Å². The number of para-hydroxylation sites is 1. The van der Waals surface area contributed by atoms with E-state index < -0.39 is 17.4 Å². The fourth-order valence-electron chi connectivity index (χ4n) is 5.02. The molecule has 0 unspecified atom stereocenters. The molecule has 4 atom stereocenters. The van der Waals surface area contributed by atoms with Crippen LogP contribution in [0.4, 0.5) is 5.69 Å². The zero-order valence-corrected chi connectivity index (χ0v) is 16.1. The highest BCUT2D eigenvalue weighted by Crippen LogP contribution is 2.52. The van der Waals surface area contributed by atoms with E-state index in [0.29, 0.717) is 30.3 Å². The van der Waals surface area contributed by atoms with Gasteiger partial charge in [0.05, 0.1) is 24.5 Å². The summed E-state index contributed by atoms with van der Waals surface area (Å²) in [6.07, 6.45) is 3.52. The van der Waals surface area contributed by atoms with Gasteiger partial charge in [0.25, 0.3) is 0 Å². The number of hydrogen-bond donors (Lipinski definition) is 1. The maximum Gasteiger partial charge on any atom is 0.231 e. The van der Waals surface area contributed by atoms with Crippen molar-refractivity contribution in [2.75, 3.05) is 18.7 Å². The number of benzene rings is 2. The van der Waals surface area contributed by atoms with Gasteiger partial charge in [0.15, 0.2) is 11.5 Å². The molecule has 0 aromatic heterocycles. The van der Waals surface area contributed by atoms with E-state index in [2.05, 4.69) is 5.32 Å². The molecule has 2 saturated heterocycles. The third-order valence-electron chi connectivity index (χ3n) is 6.33. The summed E-state index contributed by atoms with van der Waals surface area (Å²) in [6.45, 7) is 1.08. The van der Waals surface area contributed by atoms with E-state index in [1.54, 1.807) is 4.90 Å². The van der Waals surface area contributed by atoms with Gasteiger partial charge in [-0.15, -0.1) is 0 Å². The Kier molecular flexibility index (Phi) is 3.70. The lowest BCUT2D eigenvalue weighted by molar-refractivity contribution is -0.136. The average Bonchev–Trinajstić information content (AvgIpc) is 3.50. The van der Waals surface area contributed by atoms with Gasteiger partial charge >= 0.3 is 0 Å². The number of nitrogens with zero attached hydrogens (tertiary/aromatic N) is 1. The van der Waals surface area contributed by atoms with E-state index in [-0.39, 0.29) is 24.7 Å². The summed E-state index contributed by atoms with van der Waals surface area (Å²) < 4.78 is 17.0. The second-order valence-electron chi connectivity index (χ2n) is 8.14. The van der Waals surface area contributed by atoms with Gasteiger partial charge in [-0.1, -0.05) is 36.4 Å². The summed E-state index contributed by atoms with van der Waals surface area (Å²) in [5.41, 5.74) is 0.940. The van der Waals surface area contributed by atoms with Gasteiger partial charge < -0.3 is 24.4 Å². The molecule has 30 heavy (non-hydrogen) atoms. The number of likely N-dealkylation sites (tertiary alicyclic amines) is 1. The van der Waals surface area contributed by atoms with Crippen LogP contribution in [0.3, 0.4) is 0 Å². The molecule has 7 nitrogen and oxygen atoms in total. The molecule has 7 heteroatoms. The summed E-state index contributed by atoms with van der Waals surface area (Å²) in [5, 5.41) is 2.94. The van der Waals surface area contributed by atoms with Crippen LogP contribution in [-0.4, -0.2) is 41.8 Å². The van der Waals surface area contributed by atoms with Crippen molar-refractivity contribution in [2.24, 2.45) is 11.8 Å². The molecule has 2 amide bonds. The van der Waals surface area contributed by atoms with Crippen molar-refractivity contribution in [1.29, 1.82) is 0 Å². The number of nitrogens with one attached hydrogen (secondary N) is 1. The zero-order valence-electron chi connectivity index (χ0n) is 16.1. The SMILES string of the molecule is O=C(Nc1ccccc1)[C@@H]1[C@H]2C=C[C@]3(CN(Cc4ccc5c(c4)OCO5)C(=O)[C@@H]13)O2. The van der Waals surface area contributed by atoms with Gasteiger partial charge in [0.2, 0.25) is 18.6 Å². The number of amides is 2. The molecule has 2 aromatic rings. The van der Waals surface area contributed by atoms with E-state index in [9.17, 15) is 9.59 Å². The first kappa shape index (κ1) is 17.5. The average molecular weight is 404 g/mol. The standard InChI is InChI=1S/C23H20N2O5/c26-21(24-15-4-2-1-3-5-15)19-17-8-9-23(30-17)12-25(22(27)20(19)23)11-14-6-7-16-18(10-14)29-13-28-16/h1-10,17,19-20H,11-13H2,(H,24,26)/t17-,19-,20-,23-/m1/s1. The molecule has 4 aliphatic rings. The second kappa shape index (κ2) is 6.34. The third-order valence-corrected chi connectivity index (χ3v) is 6.33. The monoisotopic (exact) mass is 404 g/mol. The van der Waals surface area contributed by atoms with Crippen LogP contribution in [0.15, 0.2) is 60.7 Å². The molecular weight excluding hydrogens is 384 g/mol. The van der Waals surface area contributed by atoms with Crippen LogP contribution in [0.2, 0.25) is 0 Å². The van der Waals surface area contributed by atoms with Gasteiger partial charge in [-0.3, -0.25) is 9.59 Å². The Morgan fingerprint density at radius 2 is 1.97 bits per heavy atom. The van der Waals surface area contributed by atoms with Crippen molar-refractivity contribution in [3.05, 3.63) is 66.2 Å². The highest BCUT2D eigenvalue weighted by molar-refractivity contribution is 5.99. The number of carbonyl (C=O) groups is 2. The number of carbonyl (C=O) groups excluding carboxylic acids is 2. The van der Waals surface area contributed by atoms with Crippen molar-refractivity contribution in [3.8, 4) is 11.5 Å². The van der Waals surface area contributed by atoms with E-state index in [1.165, 1.54) is 0 Å². The molecule has 2 bridgehead atoms. The second-order valence-corrected chi connectivity index (χ2v) is 8.14. The lowest BCUT2D eigenvalue weighted by Gasteiger charge is -2.23.